The maximum absolute atomic E-state index is 12.6. The van der Waals surface area contributed by atoms with E-state index in [2.05, 4.69) is 25.0 Å². The zero-order valence-electron chi connectivity index (χ0n) is 17.9. The van der Waals surface area contributed by atoms with E-state index in [-0.39, 0.29) is 11.4 Å². The number of anilines is 1. The first-order valence-electron chi connectivity index (χ1n) is 10.2. The molecule has 4 rings (SSSR count). The largest absolute Gasteiger partial charge is 0.369 e. The highest BCUT2D eigenvalue weighted by atomic mass is 32.2. The van der Waals surface area contributed by atoms with Gasteiger partial charge in [-0.25, -0.2) is 28.1 Å². The summed E-state index contributed by atoms with van der Waals surface area (Å²) >= 11 is 0. The molecule has 0 saturated heterocycles. The minimum Gasteiger partial charge on any atom is -0.369 e. The Morgan fingerprint density at radius 2 is 1.62 bits per heavy atom. The lowest BCUT2D eigenvalue weighted by Crippen LogP contribution is -2.29. The monoisotopic (exact) mass is 448 g/mol. The van der Waals surface area contributed by atoms with E-state index in [1.807, 2.05) is 67.1 Å². The smallest absolute Gasteiger partial charge is 0.240 e. The molecule has 0 aliphatic heterocycles. The lowest BCUT2D eigenvalue weighted by atomic mass is 10.1. The Kier molecular flexibility index (Phi) is 6.29. The van der Waals surface area contributed by atoms with Crippen LogP contribution < -0.4 is 10.0 Å². The molecule has 2 heterocycles. The van der Waals surface area contributed by atoms with Gasteiger partial charge in [0.2, 0.25) is 10.0 Å². The summed E-state index contributed by atoms with van der Waals surface area (Å²) in [5.74, 6) is 2.75. The standard InChI is InChI=1S/C23H24N6O2S/c1-17-27-22(16-23(28-17)29-15-14-24-18(29)2)25-12-13-26-32(30,31)21-10-8-20(9-11-21)19-6-4-3-5-7-19/h3-11,14-16,26H,12-13H2,1-2H3,(H,25,27,28). The summed E-state index contributed by atoms with van der Waals surface area (Å²) in [6.07, 6.45) is 3.54. The summed E-state index contributed by atoms with van der Waals surface area (Å²) in [5, 5.41) is 3.15. The van der Waals surface area contributed by atoms with Crippen molar-refractivity contribution in [2.24, 2.45) is 0 Å². The lowest BCUT2D eigenvalue weighted by molar-refractivity contribution is 0.583. The molecule has 0 spiro atoms. The van der Waals surface area contributed by atoms with Crippen molar-refractivity contribution >= 4 is 15.8 Å². The van der Waals surface area contributed by atoms with Crippen LogP contribution in [0.15, 0.2) is 78.0 Å². The lowest BCUT2D eigenvalue weighted by Gasteiger charge is -2.11. The van der Waals surface area contributed by atoms with Gasteiger partial charge in [-0.3, -0.25) is 4.57 Å². The Hall–Kier alpha value is -3.56. The minimum absolute atomic E-state index is 0.214. The molecule has 4 aromatic rings. The van der Waals surface area contributed by atoms with Gasteiger partial charge >= 0.3 is 0 Å². The van der Waals surface area contributed by atoms with Crippen LogP contribution in [-0.4, -0.2) is 41.0 Å². The van der Waals surface area contributed by atoms with E-state index < -0.39 is 10.0 Å². The Morgan fingerprint density at radius 1 is 0.906 bits per heavy atom. The number of imidazole rings is 1. The molecule has 2 N–H and O–H groups in total. The molecule has 0 fully saturated rings. The van der Waals surface area contributed by atoms with Crippen molar-refractivity contribution < 1.29 is 8.42 Å². The Morgan fingerprint density at radius 3 is 2.31 bits per heavy atom. The molecule has 0 amide bonds. The molecular weight excluding hydrogens is 424 g/mol. The van der Waals surface area contributed by atoms with E-state index in [1.165, 1.54) is 0 Å². The van der Waals surface area contributed by atoms with Gasteiger partial charge in [0.05, 0.1) is 4.90 Å². The van der Waals surface area contributed by atoms with E-state index in [1.54, 1.807) is 24.4 Å². The predicted octanol–water partition coefficient (Wildman–Crippen LogP) is 3.34. The van der Waals surface area contributed by atoms with E-state index in [4.69, 9.17) is 0 Å². The number of nitrogens with one attached hydrogen (secondary N) is 2. The van der Waals surface area contributed by atoms with Crippen molar-refractivity contribution in [1.82, 2.24) is 24.2 Å². The van der Waals surface area contributed by atoms with Crippen molar-refractivity contribution in [3.05, 3.63) is 84.7 Å². The van der Waals surface area contributed by atoms with Crippen molar-refractivity contribution in [2.75, 3.05) is 18.4 Å². The Labute approximate surface area is 187 Å². The van der Waals surface area contributed by atoms with Crippen LogP contribution in [0.25, 0.3) is 16.9 Å². The molecule has 32 heavy (non-hydrogen) atoms. The van der Waals surface area contributed by atoms with Crippen molar-refractivity contribution in [2.45, 2.75) is 18.7 Å². The van der Waals surface area contributed by atoms with Gasteiger partial charge in [0.25, 0.3) is 0 Å². The first-order chi connectivity index (χ1) is 15.4. The highest BCUT2D eigenvalue weighted by molar-refractivity contribution is 7.89. The molecule has 0 atom stereocenters. The number of aromatic nitrogens is 4. The number of hydrogen-bond donors (Lipinski definition) is 2. The molecule has 0 bridgehead atoms. The molecule has 0 radical (unpaired) electrons. The number of rotatable bonds is 8. The fourth-order valence-corrected chi connectivity index (χ4v) is 4.33. The van der Waals surface area contributed by atoms with Crippen LogP contribution in [0.4, 0.5) is 5.82 Å². The van der Waals surface area contributed by atoms with Gasteiger partial charge in [-0.15, -0.1) is 0 Å². The summed E-state index contributed by atoms with van der Waals surface area (Å²) < 4.78 is 29.7. The fraction of sp³-hybridized carbons (Fsp3) is 0.174. The van der Waals surface area contributed by atoms with Gasteiger partial charge in [0.15, 0.2) is 0 Å². The summed E-state index contributed by atoms with van der Waals surface area (Å²) in [4.78, 5) is 13.2. The van der Waals surface area contributed by atoms with Crippen LogP contribution in [0.2, 0.25) is 0 Å². The second kappa shape index (κ2) is 9.29. The van der Waals surface area contributed by atoms with Crippen molar-refractivity contribution in [3.63, 3.8) is 0 Å². The minimum atomic E-state index is -3.61. The first-order valence-corrected chi connectivity index (χ1v) is 11.7. The highest BCUT2D eigenvalue weighted by Crippen LogP contribution is 2.21. The summed E-state index contributed by atoms with van der Waals surface area (Å²) in [6, 6.07) is 18.5. The van der Waals surface area contributed by atoms with Gasteiger partial charge in [0.1, 0.15) is 23.3 Å². The quantitative estimate of drug-likeness (QED) is 0.401. The zero-order valence-corrected chi connectivity index (χ0v) is 18.7. The van der Waals surface area contributed by atoms with E-state index in [0.29, 0.717) is 24.0 Å². The number of sulfonamides is 1. The molecule has 8 nitrogen and oxygen atoms in total. The maximum Gasteiger partial charge on any atom is 0.240 e. The SMILES string of the molecule is Cc1nc(NCCNS(=O)(=O)c2ccc(-c3ccccc3)cc2)cc(-n2ccnc2C)n1. The summed E-state index contributed by atoms with van der Waals surface area (Å²) in [5.41, 5.74) is 2.01. The molecule has 164 valence electrons. The zero-order chi connectivity index (χ0) is 22.6. The number of nitrogens with zero attached hydrogens (tertiary/aromatic N) is 4. The summed E-state index contributed by atoms with van der Waals surface area (Å²) in [6.45, 7) is 4.29. The third-order valence-corrected chi connectivity index (χ3v) is 6.37. The second-order valence-electron chi connectivity index (χ2n) is 7.22. The average Bonchev–Trinajstić information content (AvgIpc) is 3.23. The van der Waals surface area contributed by atoms with Gasteiger partial charge in [0, 0.05) is 31.5 Å². The van der Waals surface area contributed by atoms with Gasteiger partial charge in [-0.05, 0) is 37.1 Å². The average molecular weight is 449 g/mol. The number of aryl methyl sites for hydroxylation is 2. The Bertz CT molecular complexity index is 1300. The van der Waals surface area contributed by atoms with Crippen LogP contribution in [0.1, 0.15) is 11.6 Å². The molecule has 9 heteroatoms. The molecule has 0 saturated carbocycles. The van der Waals surface area contributed by atoms with Crippen LogP contribution in [0.3, 0.4) is 0 Å². The predicted molar refractivity (Wildman–Crippen MR) is 124 cm³/mol. The highest BCUT2D eigenvalue weighted by Gasteiger charge is 2.13. The third-order valence-electron chi connectivity index (χ3n) is 4.89. The number of benzene rings is 2. The second-order valence-corrected chi connectivity index (χ2v) is 8.98. The van der Waals surface area contributed by atoms with E-state index in [0.717, 1.165) is 17.0 Å². The number of hydrogen-bond acceptors (Lipinski definition) is 6. The first kappa shape index (κ1) is 21.7. The Balaban J connectivity index is 1.36. The fourth-order valence-electron chi connectivity index (χ4n) is 3.30. The normalized spacial score (nSPS) is 11.4. The molecular formula is C23H24N6O2S. The molecule has 0 aliphatic carbocycles. The molecule has 0 aliphatic rings. The van der Waals surface area contributed by atoms with E-state index in [9.17, 15) is 8.42 Å². The van der Waals surface area contributed by atoms with Gasteiger partial charge in [-0.1, -0.05) is 42.5 Å². The van der Waals surface area contributed by atoms with Gasteiger partial charge in [-0.2, -0.15) is 0 Å². The van der Waals surface area contributed by atoms with Crippen LogP contribution in [0.5, 0.6) is 0 Å². The van der Waals surface area contributed by atoms with Gasteiger partial charge < -0.3 is 5.32 Å². The molecule has 2 aromatic carbocycles. The topological polar surface area (TPSA) is 102 Å². The molecule has 2 aromatic heterocycles. The maximum atomic E-state index is 12.6. The van der Waals surface area contributed by atoms with Crippen molar-refractivity contribution in [3.8, 4) is 16.9 Å². The summed E-state index contributed by atoms with van der Waals surface area (Å²) in [7, 11) is -3.61. The van der Waals surface area contributed by atoms with Crippen LogP contribution >= 0.6 is 0 Å². The van der Waals surface area contributed by atoms with Crippen LogP contribution in [-0.2, 0) is 10.0 Å². The van der Waals surface area contributed by atoms with Crippen LogP contribution in [0, 0.1) is 13.8 Å². The third kappa shape index (κ3) is 5.01. The van der Waals surface area contributed by atoms with Crippen molar-refractivity contribution in [1.29, 1.82) is 0 Å². The molecule has 0 unspecified atom stereocenters. The van der Waals surface area contributed by atoms with E-state index >= 15 is 0 Å².